The normalized spacial score (nSPS) is 17.6. The first-order valence-electron chi connectivity index (χ1n) is 6.83. The van der Waals surface area contributed by atoms with E-state index in [-0.39, 0.29) is 12.5 Å². The van der Waals surface area contributed by atoms with Crippen molar-refractivity contribution in [1.29, 1.82) is 0 Å². The minimum atomic E-state index is -0.625. The third kappa shape index (κ3) is 3.96. The van der Waals surface area contributed by atoms with E-state index >= 15 is 0 Å². The van der Waals surface area contributed by atoms with Gasteiger partial charge in [-0.2, -0.15) is 0 Å². The molecule has 0 spiro atoms. The quantitative estimate of drug-likeness (QED) is 0.630. The first-order chi connectivity index (χ1) is 8.14. The Bertz CT molecular complexity index is 240. The van der Waals surface area contributed by atoms with Crippen molar-refractivity contribution in [3.63, 3.8) is 0 Å². The Labute approximate surface area is 104 Å². The fourth-order valence-corrected chi connectivity index (χ4v) is 2.25. The molecule has 0 heterocycles. The van der Waals surface area contributed by atoms with Crippen molar-refractivity contribution in [3.8, 4) is 0 Å². The van der Waals surface area contributed by atoms with E-state index in [1.807, 2.05) is 0 Å². The molecule has 1 saturated carbocycles. The lowest BCUT2D eigenvalue weighted by molar-refractivity contribution is -0.140. The zero-order chi connectivity index (χ0) is 12.7. The summed E-state index contributed by atoms with van der Waals surface area (Å²) in [4.78, 5) is 13.9. The van der Waals surface area contributed by atoms with Crippen LogP contribution in [0.4, 0.5) is 0 Å². The molecule has 1 aliphatic rings. The van der Waals surface area contributed by atoms with Crippen LogP contribution >= 0.6 is 0 Å². The standard InChI is InChI=1S/C13H26N2O2/c1-2-3-4-5-9-15(10-11-16)12(17)13(14)7-6-8-13/h16H,2-11,14H2,1H3. The van der Waals surface area contributed by atoms with Gasteiger partial charge in [0.1, 0.15) is 0 Å². The Hall–Kier alpha value is -0.610. The van der Waals surface area contributed by atoms with Gasteiger partial charge in [-0.05, 0) is 25.7 Å². The van der Waals surface area contributed by atoms with Crippen LogP contribution in [0.25, 0.3) is 0 Å². The summed E-state index contributed by atoms with van der Waals surface area (Å²) < 4.78 is 0. The first kappa shape index (κ1) is 14.5. The molecule has 1 rings (SSSR count). The van der Waals surface area contributed by atoms with Crippen molar-refractivity contribution in [2.24, 2.45) is 5.73 Å². The maximum absolute atomic E-state index is 12.2. The molecule has 1 aliphatic carbocycles. The second-order valence-electron chi connectivity index (χ2n) is 5.09. The van der Waals surface area contributed by atoms with Crippen LogP contribution in [-0.4, -0.2) is 41.1 Å². The molecule has 1 fully saturated rings. The zero-order valence-corrected chi connectivity index (χ0v) is 11.0. The van der Waals surface area contributed by atoms with Crippen molar-refractivity contribution in [2.75, 3.05) is 19.7 Å². The molecule has 0 atom stereocenters. The first-order valence-corrected chi connectivity index (χ1v) is 6.83. The third-order valence-electron chi connectivity index (χ3n) is 3.61. The smallest absolute Gasteiger partial charge is 0.242 e. The Balaban J connectivity index is 2.38. The van der Waals surface area contributed by atoms with Gasteiger partial charge in [-0.15, -0.1) is 0 Å². The molecular formula is C13H26N2O2. The van der Waals surface area contributed by atoms with Crippen LogP contribution in [0.2, 0.25) is 0 Å². The molecule has 4 nitrogen and oxygen atoms in total. The number of unbranched alkanes of at least 4 members (excludes halogenated alkanes) is 3. The molecule has 1 amide bonds. The second kappa shape index (κ2) is 6.97. The molecule has 4 heteroatoms. The van der Waals surface area contributed by atoms with Gasteiger partial charge < -0.3 is 15.7 Å². The summed E-state index contributed by atoms with van der Waals surface area (Å²) in [5.41, 5.74) is 5.41. The van der Waals surface area contributed by atoms with Gasteiger partial charge in [0.25, 0.3) is 0 Å². The van der Waals surface area contributed by atoms with Crippen molar-refractivity contribution >= 4 is 5.91 Å². The number of aliphatic hydroxyl groups excluding tert-OH is 1. The molecule has 0 aromatic heterocycles. The molecule has 100 valence electrons. The van der Waals surface area contributed by atoms with E-state index in [1.54, 1.807) is 4.90 Å². The highest BCUT2D eigenvalue weighted by atomic mass is 16.3. The number of hydrogen-bond donors (Lipinski definition) is 2. The van der Waals surface area contributed by atoms with E-state index in [2.05, 4.69) is 6.92 Å². The van der Waals surface area contributed by atoms with Crippen LogP contribution in [0.5, 0.6) is 0 Å². The van der Waals surface area contributed by atoms with Crippen LogP contribution in [0.3, 0.4) is 0 Å². The number of nitrogens with zero attached hydrogens (tertiary/aromatic N) is 1. The fourth-order valence-electron chi connectivity index (χ4n) is 2.25. The van der Waals surface area contributed by atoms with Gasteiger partial charge in [-0.3, -0.25) is 4.79 Å². The Kier molecular flexibility index (Phi) is 5.92. The van der Waals surface area contributed by atoms with Crippen molar-refractivity contribution < 1.29 is 9.90 Å². The minimum absolute atomic E-state index is 0.0234. The predicted molar refractivity (Wildman–Crippen MR) is 68.6 cm³/mol. The SMILES string of the molecule is CCCCCCN(CCO)C(=O)C1(N)CCC1. The maximum atomic E-state index is 12.2. The molecule has 17 heavy (non-hydrogen) atoms. The molecule has 0 radical (unpaired) electrons. The highest BCUT2D eigenvalue weighted by molar-refractivity contribution is 5.87. The Morgan fingerprint density at radius 2 is 2.00 bits per heavy atom. The zero-order valence-electron chi connectivity index (χ0n) is 11.0. The summed E-state index contributed by atoms with van der Waals surface area (Å²) >= 11 is 0. The summed E-state index contributed by atoms with van der Waals surface area (Å²) in [6.45, 7) is 3.34. The van der Waals surface area contributed by atoms with E-state index in [9.17, 15) is 4.79 Å². The average Bonchev–Trinajstić information content (AvgIpc) is 2.29. The lowest BCUT2D eigenvalue weighted by Crippen LogP contribution is -2.60. The van der Waals surface area contributed by atoms with Crippen molar-refractivity contribution in [2.45, 2.75) is 57.4 Å². The van der Waals surface area contributed by atoms with Gasteiger partial charge in [-0.1, -0.05) is 26.2 Å². The van der Waals surface area contributed by atoms with Crippen LogP contribution in [-0.2, 0) is 4.79 Å². The van der Waals surface area contributed by atoms with Crippen LogP contribution in [0, 0.1) is 0 Å². The summed E-state index contributed by atoms with van der Waals surface area (Å²) in [5.74, 6) is 0.0364. The second-order valence-corrected chi connectivity index (χ2v) is 5.09. The summed E-state index contributed by atoms with van der Waals surface area (Å²) in [6, 6.07) is 0. The van der Waals surface area contributed by atoms with Crippen LogP contribution < -0.4 is 5.73 Å². The average molecular weight is 242 g/mol. The molecular weight excluding hydrogens is 216 g/mol. The molecule has 0 saturated heterocycles. The third-order valence-corrected chi connectivity index (χ3v) is 3.61. The number of rotatable bonds is 8. The van der Waals surface area contributed by atoms with E-state index in [0.29, 0.717) is 6.54 Å². The summed E-state index contributed by atoms with van der Waals surface area (Å²) in [7, 11) is 0. The summed E-state index contributed by atoms with van der Waals surface area (Å²) in [5, 5.41) is 9.01. The predicted octanol–water partition coefficient (Wildman–Crippen LogP) is 1.27. The highest BCUT2D eigenvalue weighted by Crippen LogP contribution is 2.31. The molecule has 0 aromatic carbocycles. The van der Waals surface area contributed by atoms with E-state index in [1.165, 1.54) is 12.8 Å². The summed E-state index contributed by atoms with van der Waals surface area (Å²) in [6.07, 6.45) is 7.18. The number of nitrogens with two attached hydrogens (primary N) is 1. The number of carbonyl (C=O) groups excluding carboxylic acids is 1. The number of aliphatic hydroxyl groups is 1. The molecule has 0 aliphatic heterocycles. The van der Waals surface area contributed by atoms with Crippen molar-refractivity contribution in [3.05, 3.63) is 0 Å². The minimum Gasteiger partial charge on any atom is -0.395 e. The molecule has 0 bridgehead atoms. The van der Waals surface area contributed by atoms with E-state index in [0.717, 1.165) is 38.6 Å². The van der Waals surface area contributed by atoms with Gasteiger partial charge >= 0.3 is 0 Å². The number of carbonyl (C=O) groups is 1. The van der Waals surface area contributed by atoms with Crippen molar-refractivity contribution in [1.82, 2.24) is 4.90 Å². The Morgan fingerprint density at radius 1 is 1.29 bits per heavy atom. The van der Waals surface area contributed by atoms with E-state index in [4.69, 9.17) is 10.8 Å². The number of hydrogen-bond acceptors (Lipinski definition) is 3. The molecule has 0 aromatic rings. The van der Waals surface area contributed by atoms with Crippen LogP contribution in [0.15, 0.2) is 0 Å². The topological polar surface area (TPSA) is 66.6 Å². The van der Waals surface area contributed by atoms with Gasteiger partial charge in [0, 0.05) is 13.1 Å². The largest absolute Gasteiger partial charge is 0.395 e. The van der Waals surface area contributed by atoms with E-state index < -0.39 is 5.54 Å². The van der Waals surface area contributed by atoms with Gasteiger partial charge in [0.2, 0.25) is 5.91 Å². The molecule has 0 unspecified atom stereocenters. The lowest BCUT2D eigenvalue weighted by atomic mass is 9.76. The monoisotopic (exact) mass is 242 g/mol. The lowest BCUT2D eigenvalue weighted by Gasteiger charge is -2.40. The fraction of sp³-hybridized carbons (Fsp3) is 0.923. The van der Waals surface area contributed by atoms with Gasteiger partial charge in [0.05, 0.1) is 12.1 Å². The maximum Gasteiger partial charge on any atom is 0.242 e. The van der Waals surface area contributed by atoms with Crippen LogP contribution in [0.1, 0.15) is 51.9 Å². The van der Waals surface area contributed by atoms with Gasteiger partial charge in [-0.25, -0.2) is 0 Å². The Morgan fingerprint density at radius 3 is 2.47 bits per heavy atom. The van der Waals surface area contributed by atoms with Gasteiger partial charge in [0.15, 0.2) is 0 Å². The highest BCUT2D eigenvalue weighted by Gasteiger charge is 2.42. The number of amides is 1. The molecule has 3 N–H and O–H groups in total.